The lowest BCUT2D eigenvalue weighted by Gasteiger charge is -2.35. The van der Waals surface area contributed by atoms with Gasteiger partial charge in [0.25, 0.3) is 0 Å². The van der Waals surface area contributed by atoms with Crippen LogP contribution in [0.1, 0.15) is 25.0 Å². The van der Waals surface area contributed by atoms with Gasteiger partial charge in [-0.25, -0.2) is 19.9 Å². The molecule has 1 saturated heterocycles. The van der Waals surface area contributed by atoms with Crippen LogP contribution in [-0.4, -0.2) is 48.6 Å². The number of hydrogen-bond donors (Lipinski definition) is 1. The van der Waals surface area contributed by atoms with Crippen molar-refractivity contribution in [2.24, 2.45) is 0 Å². The lowest BCUT2D eigenvalue weighted by Crippen LogP contribution is -2.42. The lowest BCUT2D eigenvalue weighted by molar-refractivity contribution is -0.141. The van der Waals surface area contributed by atoms with Crippen molar-refractivity contribution in [3.8, 4) is 11.5 Å². The van der Waals surface area contributed by atoms with Crippen LogP contribution in [0.5, 0.6) is 0 Å². The van der Waals surface area contributed by atoms with Gasteiger partial charge in [-0.05, 0) is 25.3 Å². The summed E-state index contributed by atoms with van der Waals surface area (Å²) in [4.78, 5) is 18.2. The zero-order valence-corrected chi connectivity index (χ0v) is 14.3. The summed E-state index contributed by atoms with van der Waals surface area (Å²) >= 11 is 0. The first-order valence-electron chi connectivity index (χ1n) is 8.58. The Labute approximate surface area is 152 Å². The monoisotopic (exact) mass is 378 g/mol. The minimum atomic E-state index is -4.55. The largest absolute Gasteiger partial charge is 0.434 e. The van der Waals surface area contributed by atoms with Crippen molar-refractivity contribution >= 4 is 11.5 Å². The summed E-state index contributed by atoms with van der Waals surface area (Å²) in [5.41, 5.74) is -0.391. The number of halogens is 3. The zero-order valence-electron chi connectivity index (χ0n) is 14.3. The summed E-state index contributed by atoms with van der Waals surface area (Å²) < 4.78 is 40.2. The minimum absolute atomic E-state index is 0.0234. The van der Waals surface area contributed by atoms with Gasteiger partial charge in [-0.1, -0.05) is 0 Å². The molecule has 1 aliphatic rings. The van der Waals surface area contributed by atoms with E-state index in [2.05, 4.69) is 19.9 Å². The summed E-state index contributed by atoms with van der Waals surface area (Å²) in [6, 6.07) is 1.72. The van der Waals surface area contributed by atoms with Gasteiger partial charge in [0.05, 0.1) is 25.0 Å². The minimum Gasteiger partial charge on any atom is -0.394 e. The van der Waals surface area contributed by atoms with E-state index in [1.54, 1.807) is 12.3 Å². The molecule has 3 aromatic heterocycles. The van der Waals surface area contributed by atoms with E-state index < -0.39 is 11.9 Å². The molecule has 1 unspecified atom stereocenters. The molecular weight excluding hydrogens is 361 g/mol. The fourth-order valence-electron chi connectivity index (χ4n) is 3.33. The van der Waals surface area contributed by atoms with Crippen molar-refractivity contribution in [3.05, 3.63) is 36.5 Å². The molecule has 1 N–H and O–H groups in total. The van der Waals surface area contributed by atoms with E-state index >= 15 is 0 Å². The molecule has 1 fully saturated rings. The molecule has 3 aromatic rings. The summed E-state index contributed by atoms with van der Waals surface area (Å²) in [6.45, 7) is 0.784. The summed E-state index contributed by atoms with van der Waals surface area (Å²) in [5, 5.41) is 9.61. The molecule has 0 saturated carbocycles. The Bertz CT molecular complexity index is 957. The third-order valence-electron chi connectivity index (χ3n) is 4.69. The third-order valence-corrected chi connectivity index (χ3v) is 4.69. The van der Waals surface area contributed by atoms with Crippen LogP contribution in [0.15, 0.2) is 30.9 Å². The number of fused-ring (bicyclic) bond motifs is 1. The Kier molecular flexibility index (Phi) is 4.42. The van der Waals surface area contributed by atoms with E-state index in [0.717, 1.165) is 38.2 Å². The van der Waals surface area contributed by atoms with Crippen molar-refractivity contribution in [1.29, 1.82) is 0 Å². The first-order valence-corrected chi connectivity index (χ1v) is 8.58. The summed E-state index contributed by atoms with van der Waals surface area (Å²) in [6.07, 6.45) is 3.30. The molecule has 10 heteroatoms. The second kappa shape index (κ2) is 6.76. The topological polar surface area (TPSA) is 79.4 Å². The van der Waals surface area contributed by atoms with Crippen molar-refractivity contribution in [3.63, 3.8) is 0 Å². The number of piperidine rings is 1. The zero-order chi connectivity index (χ0) is 19.0. The number of imidazole rings is 1. The normalized spacial score (nSPS) is 18.2. The second-order valence-corrected chi connectivity index (χ2v) is 6.41. The first kappa shape index (κ1) is 17.7. The van der Waals surface area contributed by atoms with Gasteiger partial charge in [0.1, 0.15) is 11.5 Å². The van der Waals surface area contributed by atoms with Crippen LogP contribution in [0.4, 0.5) is 19.0 Å². The van der Waals surface area contributed by atoms with Crippen molar-refractivity contribution < 1.29 is 18.3 Å². The van der Waals surface area contributed by atoms with Gasteiger partial charge in [-0.3, -0.25) is 4.40 Å². The predicted molar refractivity (Wildman–Crippen MR) is 91.1 cm³/mol. The number of aromatic nitrogens is 5. The standard InChI is InChI=1S/C17H17F3N6O/c18-17(19,20)13-9-26-12(7-23-15(26)8-22-13)16-21-5-4-14(24-16)25-6-2-1-3-11(25)10-27/h4-5,7-9,11,27H,1-3,6,10H2. The molecule has 4 heterocycles. The summed E-state index contributed by atoms with van der Waals surface area (Å²) in [5.74, 6) is 0.903. The maximum absolute atomic E-state index is 13.0. The number of nitrogens with zero attached hydrogens (tertiary/aromatic N) is 6. The van der Waals surface area contributed by atoms with Crippen LogP contribution in [0.3, 0.4) is 0 Å². The Hall–Kier alpha value is -2.75. The fourth-order valence-corrected chi connectivity index (χ4v) is 3.33. The molecule has 0 aliphatic carbocycles. The molecule has 0 radical (unpaired) electrons. The fraction of sp³-hybridized carbons (Fsp3) is 0.412. The number of rotatable bonds is 3. The van der Waals surface area contributed by atoms with Crippen LogP contribution in [0.25, 0.3) is 17.2 Å². The highest BCUT2D eigenvalue weighted by molar-refractivity contribution is 5.58. The third kappa shape index (κ3) is 3.32. The van der Waals surface area contributed by atoms with E-state index in [1.165, 1.54) is 10.6 Å². The SMILES string of the molecule is OCC1CCCCN1c1ccnc(-c2cnc3cnc(C(F)(F)F)cn23)n1. The smallest absolute Gasteiger partial charge is 0.394 e. The highest BCUT2D eigenvalue weighted by Crippen LogP contribution is 2.29. The average Bonchev–Trinajstić information content (AvgIpc) is 3.10. The molecule has 0 aromatic carbocycles. The molecule has 7 nitrogen and oxygen atoms in total. The van der Waals surface area contributed by atoms with Gasteiger partial charge >= 0.3 is 6.18 Å². The van der Waals surface area contributed by atoms with Crippen molar-refractivity contribution in [1.82, 2.24) is 24.3 Å². The van der Waals surface area contributed by atoms with E-state index in [4.69, 9.17) is 0 Å². The van der Waals surface area contributed by atoms with Crippen LogP contribution in [0.2, 0.25) is 0 Å². The van der Waals surface area contributed by atoms with Crippen LogP contribution < -0.4 is 4.90 Å². The van der Waals surface area contributed by atoms with Crippen LogP contribution >= 0.6 is 0 Å². The number of alkyl halides is 3. The van der Waals surface area contributed by atoms with Crippen LogP contribution in [0, 0.1) is 0 Å². The molecule has 27 heavy (non-hydrogen) atoms. The quantitative estimate of drug-likeness (QED) is 0.755. The maximum Gasteiger partial charge on any atom is 0.434 e. The number of hydrogen-bond acceptors (Lipinski definition) is 6. The molecule has 0 spiro atoms. The van der Waals surface area contributed by atoms with Gasteiger partial charge in [-0.2, -0.15) is 13.2 Å². The Morgan fingerprint density at radius 1 is 1.15 bits per heavy atom. The first-order chi connectivity index (χ1) is 13.0. The molecular formula is C17H17F3N6O. The predicted octanol–water partition coefficient (Wildman–Crippen LogP) is 2.56. The van der Waals surface area contributed by atoms with Gasteiger partial charge in [0.15, 0.2) is 17.2 Å². The summed E-state index contributed by atoms with van der Waals surface area (Å²) in [7, 11) is 0. The molecule has 0 bridgehead atoms. The van der Waals surface area contributed by atoms with Gasteiger partial charge < -0.3 is 10.0 Å². The number of anilines is 1. The maximum atomic E-state index is 13.0. The van der Waals surface area contributed by atoms with E-state index in [-0.39, 0.29) is 24.1 Å². The average molecular weight is 378 g/mol. The number of aliphatic hydroxyl groups excluding tert-OH is 1. The highest BCUT2D eigenvalue weighted by atomic mass is 19.4. The van der Waals surface area contributed by atoms with Gasteiger partial charge in [-0.15, -0.1) is 0 Å². The molecule has 1 atom stereocenters. The Morgan fingerprint density at radius 2 is 2.00 bits per heavy atom. The number of aliphatic hydroxyl groups is 1. The molecule has 4 rings (SSSR count). The van der Waals surface area contributed by atoms with Crippen LogP contribution in [-0.2, 0) is 6.18 Å². The van der Waals surface area contributed by atoms with E-state index in [0.29, 0.717) is 11.5 Å². The van der Waals surface area contributed by atoms with E-state index in [1.807, 2.05) is 4.90 Å². The highest BCUT2D eigenvalue weighted by Gasteiger charge is 2.33. The van der Waals surface area contributed by atoms with Crippen molar-refractivity contribution in [2.45, 2.75) is 31.5 Å². The van der Waals surface area contributed by atoms with Gasteiger partial charge in [0.2, 0.25) is 0 Å². The molecule has 1 aliphatic heterocycles. The lowest BCUT2D eigenvalue weighted by atomic mass is 10.0. The molecule has 142 valence electrons. The van der Waals surface area contributed by atoms with E-state index in [9.17, 15) is 18.3 Å². The Morgan fingerprint density at radius 3 is 2.78 bits per heavy atom. The van der Waals surface area contributed by atoms with Gasteiger partial charge in [0, 0.05) is 18.9 Å². The molecule has 0 amide bonds. The Balaban J connectivity index is 1.76. The second-order valence-electron chi connectivity index (χ2n) is 6.41. The van der Waals surface area contributed by atoms with Crippen molar-refractivity contribution in [2.75, 3.05) is 18.1 Å².